The van der Waals surface area contributed by atoms with Crippen LogP contribution in [-0.4, -0.2) is 61.1 Å². The molecule has 1 aromatic rings. The van der Waals surface area contributed by atoms with Crippen LogP contribution < -0.4 is 0 Å². The summed E-state index contributed by atoms with van der Waals surface area (Å²) in [6, 6.07) is 2.68. The maximum absolute atomic E-state index is 13.0. The summed E-state index contributed by atoms with van der Waals surface area (Å²) in [6.07, 6.45) is 3.65. The maximum Gasteiger partial charge on any atom is 0.264 e. The molecule has 3 aliphatic rings. The highest BCUT2D eigenvalue weighted by molar-refractivity contribution is 7.12. The van der Waals surface area contributed by atoms with E-state index in [1.54, 1.807) is 11.3 Å². The molecule has 2 aliphatic heterocycles. The van der Waals surface area contributed by atoms with Crippen molar-refractivity contribution in [2.24, 2.45) is 5.92 Å². The number of nitrogens with zero attached hydrogens (tertiary/aromatic N) is 2. The van der Waals surface area contributed by atoms with Gasteiger partial charge in [0.05, 0.1) is 18.1 Å². The van der Waals surface area contributed by atoms with Crippen LogP contribution in [0.25, 0.3) is 0 Å². The lowest BCUT2D eigenvalue weighted by Gasteiger charge is -2.34. The molecule has 126 valence electrons. The highest BCUT2D eigenvalue weighted by atomic mass is 32.1. The van der Waals surface area contributed by atoms with Crippen molar-refractivity contribution in [3.63, 3.8) is 0 Å². The molecule has 1 aromatic heterocycles. The fourth-order valence-corrected chi connectivity index (χ4v) is 5.05. The summed E-state index contributed by atoms with van der Waals surface area (Å²) >= 11 is 1.63. The van der Waals surface area contributed by atoms with Gasteiger partial charge in [0.15, 0.2) is 0 Å². The Morgan fingerprint density at radius 1 is 1.30 bits per heavy atom. The number of morpholine rings is 1. The maximum atomic E-state index is 13.0. The number of likely N-dealkylation sites (tertiary alicyclic amines) is 1. The Balaban J connectivity index is 1.48. The van der Waals surface area contributed by atoms with Gasteiger partial charge in [-0.15, -0.1) is 11.3 Å². The lowest BCUT2D eigenvalue weighted by atomic mass is 9.99. The van der Waals surface area contributed by atoms with Crippen molar-refractivity contribution >= 4 is 17.2 Å². The molecule has 4 rings (SSSR count). The van der Waals surface area contributed by atoms with E-state index in [0.717, 1.165) is 50.7 Å². The van der Waals surface area contributed by atoms with Gasteiger partial charge >= 0.3 is 0 Å². The van der Waals surface area contributed by atoms with Crippen molar-refractivity contribution in [3.05, 3.63) is 21.9 Å². The Kier molecular flexibility index (Phi) is 4.43. The second-order valence-corrected chi connectivity index (χ2v) is 7.99. The number of ether oxygens (including phenoxy) is 1. The molecule has 0 N–H and O–H groups in total. The number of carbonyl (C=O) groups is 1. The Morgan fingerprint density at radius 2 is 2.09 bits per heavy atom. The average Bonchev–Trinajstić information content (AvgIpc) is 3.16. The van der Waals surface area contributed by atoms with Crippen molar-refractivity contribution < 1.29 is 9.53 Å². The summed E-state index contributed by atoms with van der Waals surface area (Å²) in [7, 11) is 0. The lowest BCUT2D eigenvalue weighted by Crippen LogP contribution is -2.47. The Bertz CT molecular complexity index is 563. The molecule has 4 nitrogen and oxygen atoms in total. The summed E-state index contributed by atoms with van der Waals surface area (Å²) in [6.45, 7) is 7.74. The molecule has 3 fully saturated rings. The van der Waals surface area contributed by atoms with E-state index in [4.69, 9.17) is 4.74 Å². The zero-order chi connectivity index (χ0) is 15.8. The number of hydrogen-bond donors (Lipinski definition) is 0. The van der Waals surface area contributed by atoms with Gasteiger partial charge in [0.1, 0.15) is 0 Å². The minimum atomic E-state index is 0.274. The van der Waals surface area contributed by atoms with Gasteiger partial charge in [-0.2, -0.15) is 0 Å². The number of thiophene rings is 1. The largest absolute Gasteiger partial charge is 0.379 e. The van der Waals surface area contributed by atoms with Gasteiger partial charge < -0.3 is 9.64 Å². The van der Waals surface area contributed by atoms with Gasteiger partial charge in [0.25, 0.3) is 5.91 Å². The van der Waals surface area contributed by atoms with Gasteiger partial charge in [-0.25, -0.2) is 0 Å². The third kappa shape index (κ3) is 3.06. The van der Waals surface area contributed by atoms with E-state index < -0.39 is 0 Å². The van der Waals surface area contributed by atoms with Crippen LogP contribution in [0.3, 0.4) is 0 Å². The number of amides is 1. The molecule has 0 spiro atoms. The molecule has 1 saturated carbocycles. The first-order valence-corrected chi connectivity index (χ1v) is 9.84. The summed E-state index contributed by atoms with van der Waals surface area (Å²) in [4.78, 5) is 18.7. The van der Waals surface area contributed by atoms with Gasteiger partial charge in [-0.05, 0) is 41.7 Å². The number of hydrogen-bond acceptors (Lipinski definition) is 4. The van der Waals surface area contributed by atoms with Gasteiger partial charge in [-0.3, -0.25) is 9.69 Å². The Morgan fingerprint density at radius 3 is 2.78 bits per heavy atom. The SMILES string of the molecule is CC[C@@H]1CN(C(=O)c2sccc2C2CC2)C[C@H]1N1CCOCC1. The molecular weight excluding hydrogens is 308 g/mol. The summed E-state index contributed by atoms with van der Waals surface area (Å²) in [5, 5.41) is 2.09. The third-order valence-electron chi connectivity index (χ3n) is 5.64. The van der Waals surface area contributed by atoms with Crippen LogP contribution in [-0.2, 0) is 4.74 Å². The topological polar surface area (TPSA) is 32.8 Å². The third-order valence-corrected chi connectivity index (χ3v) is 6.56. The number of rotatable bonds is 4. The fraction of sp³-hybridized carbons (Fsp3) is 0.722. The van der Waals surface area contributed by atoms with Crippen LogP contribution in [0.2, 0.25) is 0 Å². The van der Waals surface area contributed by atoms with Gasteiger partial charge in [0.2, 0.25) is 0 Å². The highest BCUT2D eigenvalue weighted by Crippen LogP contribution is 2.43. The predicted octanol–water partition coefficient (Wildman–Crippen LogP) is 2.81. The van der Waals surface area contributed by atoms with Crippen LogP contribution in [0, 0.1) is 5.92 Å². The number of carbonyl (C=O) groups excluding carboxylic acids is 1. The quantitative estimate of drug-likeness (QED) is 0.849. The van der Waals surface area contributed by atoms with E-state index in [9.17, 15) is 4.79 Å². The van der Waals surface area contributed by atoms with Crippen molar-refractivity contribution in [2.75, 3.05) is 39.4 Å². The molecule has 0 radical (unpaired) electrons. The van der Waals surface area contributed by atoms with Crippen LogP contribution in [0.1, 0.15) is 47.3 Å². The molecule has 1 amide bonds. The normalized spacial score (nSPS) is 29.2. The minimum Gasteiger partial charge on any atom is -0.379 e. The van der Waals surface area contributed by atoms with Crippen molar-refractivity contribution in [3.8, 4) is 0 Å². The first kappa shape index (κ1) is 15.6. The minimum absolute atomic E-state index is 0.274. The highest BCUT2D eigenvalue weighted by Gasteiger charge is 2.39. The standard InChI is InChI=1S/C18H26N2O2S/c1-2-13-11-20(12-16(13)19-6-8-22-9-7-19)18(21)17-15(5-10-23-17)14-3-4-14/h5,10,13-14,16H,2-4,6-9,11-12H2,1H3/t13-,16-/m1/s1. The summed E-state index contributed by atoms with van der Waals surface area (Å²) in [5.41, 5.74) is 1.31. The molecular formula is C18H26N2O2S. The molecule has 3 heterocycles. The Hall–Kier alpha value is -0.910. The monoisotopic (exact) mass is 334 g/mol. The van der Waals surface area contributed by atoms with Crippen molar-refractivity contribution in [2.45, 2.75) is 38.1 Å². The fourth-order valence-electron chi connectivity index (χ4n) is 4.10. The van der Waals surface area contributed by atoms with E-state index >= 15 is 0 Å². The smallest absolute Gasteiger partial charge is 0.264 e. The molecule has 2 saturated heterocycles. The first-order chi connectivity index (χ1) is 11.3. The predicted molar refractivity (Wildman–Crippen MR) is 92.2 cm³/mol. The average molecular weight is 334 g/mol. The molecule has 5 heteroatoms. The summed E-state index contributed by atoms with van der Waals surface area (Å²) < 4.78 is 5.49. The first-order valence-electron chi connectivity index (χ1n) is 8.96. The van der Waals surface area contributed by atoms with Crippen LogP contribution >= 0.6 is 11.3 Å². The second-order valence-electron chi connectivity index (χ2n) is 7.07. The van der Waals surface area contributed by atoms with Crippen molar-refractivity contribution in [1.29, 1.82) is 0 Å². The van der Waals surface area contributed by atoms with E-state index in [1.165, 1.54) is 18.4 Å². The molecule has 0 unspecified atom stereocenters. The molecule has 2 atom stereocenters. The van der Waals surface area contributed by atoms with Crippen molar-refractivity contribution in [1.82, 2.24) is 9.80 Å². The Labute approximate surface area is 142 Å². The lowest BCUT2D eigenvalue weighted by molar-refractivity contribution is 0.0103. The van der Waals surface area contributed by atoms with E-state index in [2.05, 4.69) is 28.2 Å². The van der Waals surface area contributed by atoms with Gasteiger partial charge in [0, 0.05) is 32.2 Å². The van der Waals surface area contributed by atoms with E-state index in [0.29, 0.717) is 17.9 Å². The second kappa shape index (κ2) is 6.54. The van der Waals surface area contributed by atoms with Crippen LogP contribution in [0.15, 0.2) is 11.4 Å². The molecule has 0 aromatic carbocycles. The molecule has 0 bridgehead atoms. The molecule has 1 aliphatic carbocycles. The van der Waals surface area contributed by atoms with Crippen LogP contribution in [0.5, 0.6) is 0 Å². The van der Waals surface area contributed by atoms with E-state index in [-0.39, 0.29) is 5.91 Å². The van der Waals surface area contributed by atoms with E-state index in [1.807, 2.05) is 0 Å². The van der Waals surface area contributed by atoms with Gasteiger partial charge in [-0.1, -0.05) is 13.3 Å². The van der Waals surface area contributed by atoms with Crippen LogP contribution in [0.4, 0.5) is 0 Å². The zero-order valence-electron chi connectivity index (χ0n) is 13.9. The zero-order valence-corrected chi connectivity index (χ0v) is 14.7. The molecule has 23 heavy (non-hydrogen) atoms. The summed E-state index contributed by atoms with van der Waals surface area (Å²) in [5.74, 6) is 1.53.